The van der Waals surface area contributed by atoms with Crippen LogP contribution in [0, 0.1) is 0 Å². The molecule has 0 spiro atoms. The van der Waals surface area contributed by atoms with Gasteiger partial charge in [-0.1, -0.05) is 12.1 Å². The number of carbonyl (C=O) groups is 1. The minimum Gasteiger partial charge on any atom is -0.497 e. The number of carbonyl (C=O) groups excluding carboxylic acids is 1. The van der Waals surface area contributed by atoms with Crippen LogP contribution in [0.2, 0.25) is 0 Å². The van der Waals surface area contributed by atoms with Gasteiger partial charge in [-0.3, -0.25) is 0 Å². The second kappa shape index (κ2) is 8.54. The average Bonchev–Trinajstić information content (AvgIpc) is 2.75. The Bertz CT molecular complexity index is 575. The molecule has 140 valence electrons. The summed E-state index contributed by atoms with van der Waals surface area (Å²) < 4.78 is 5.30. The van der Waals surface area contributed by atoms with E-state index in [1.54, 1.807) is 12.0 Å². The van der Waals surface area contributed by atoms with Gasteiger partial charge in [-0.05, 0) is 58.0 Å². The number of hydrogen-bond donors (Lipinski definition) is 2. The van der Waals surface area contributed by atoms with E-state index in [0.29, 0.717) is 26.1 Å². The summed E-state index contributed by atoms with van der Waals surface area (Å²) in [7, 11) is 5.65. The van der Waals surface area contributed by atoms with Gasteiger partial charge in [-0.15, -0.1) is 0 Å². The lowest BCUT2D eigenvalue weighted by Crippen LogP contribution is -2.44. The van der Waals surface area contributed by atoms with Gasteiger partial charge in [0.25, 0.3) is 0 Å². The number of urea groups is 1. The zero-order chi connectivity index (χ0) is 18.4. The Morgan fingerprint density at radius 3 is 2.84 bits per heavy atom. The molecule has 6 nitrogen and oxygen atoms in total. The maximum Gasteiger partial charge on any atom is 0.317 e. The van der Waals surface area contributed by atoms with E-state index < -0.39 is 5.60 Å². The highest BCUT2D eigenvalue weighted by Crippen LogP contribution is 2.23. The van der Waals surface area contributed by atoms with Gasteiger partial charge < -0.3 is 25.0 Å². The number of rotatable bonds is 5. The highest BCUT2D eigenvalue weighted by atomic mass is 16.5. The van der Waals surface area contributed by atoms with Gasteiger partial charge in [0.05, 0.1) is 18.8 Å². The van der Waals surface area contributed by atoms with Crippen LogP contribution in [-0.2, 0) is 0 Å². The monoisotopic (exact) mass is 349 g/mol. The third-order valence-electron chi connectivity index (χ3n) is 4.90. The molecular weight excluding hydrogens is 318 g/mol. The average molecular weight is 349 g/mol. The first-order valence-corrected chi connectivity index (χ1v) is 8.88. The maximum absolute atomic E-state index is 12.5. The molecule has 0 saturated carbocycles. The third kappa shape index (κ3) is 5.61. The molecule has 1 aromatic rings. The van der Waals surface area contributed by atoms with E-state index in [2.05, 4.69) is 10.2 Å². The molecule has 1 heterocycles. The highest BCUT2D eigenvalue weighted by molar-refractivity contribution is 5.74. The first-order chi connectivity index (χ1) is 11.8. The molecule has 2 N–H and O–H groups in total. The molecule has 0 aliphatic carbocycles. The van der Waals surface area contributed by atoms with E-state index in [9.17, 15) is 9.90 Å². The van der Waals surface area contributed by atoms with Gasteiger partial charge in [0.2, 0.25) is 0 Å². The fraction of sp³-hybridized carbons (Fsp3) is 0.632. The van der Waals surface area contributed by atoms with Crippen molar-refractivity contribution in [3.63, 3.8) is 0 Å². The Morgan fingerprint density at radius 1 is 1.40 bits per heavy atom. The molecule has 6 heteroatoms. The molecule has 25 heavy (non-hydrogen) atoms. The number of nitrogens with zero attached hydrogens (tertiary/aromatic N) is 2. The summed E-state index contributed by atoms with van der Waals surface area (Å²) in [5.41, 5.74) is 0.436. The Labute approximate surface area is 150 Å². The molecule has 1 saturated heterocycles. The maximum atomic E-state index is 12.5. The number of nitrogens with one attached hydrogen (secondary N) is 1. The number of hydrogen-bond acceptors (Lipinski definition) is 4. The molecule has 1 aliphatic heterocycles. The van der Waals surface area contributed by atoms with Crippen molar-refractivity contribution < 1.29 is 14.6 Å². The fourth-order valence-corrected chi connectivity index (χ4v) is 3.21. The van der Waals surface area contributed by atoms with Gasteiger partial charge in [0.1, 0.15) is 5.75 Å². The Hall–Kier alpha value is -1.79. The molecule has 0 aromatic heterocycles. The fourth-order valence-electron chi connectivity index (χ4n) is 3.21. The summed E-state index contributed by atoms with van der Waals surface area (Å²) in [6.45, 7) is 3.64. The number of benzene rings is 1. The largest absolute Gasteiger partial charge is 0.497 e. The lowest BCUT2D eigenvalue weighted by atomic mass is 9.98. The molecule has 1 aliphatic rings. The second-order valence-electron chi connectivity index (χ2n) is 7.28. The number of likely N-dealkylation sites (tertiary alicyclic amines) is 1. The summed E-state index contributed by atoms with van der Waals surface area (Å²) in [5, 5.41) is 13.2. The standard InChI is InChI=1S/C19H31N3O3/c1-19(24)9-6-11-22(12-10-19)18(23)20-14-17(21(2)3)15-7-5-8-16(13-15)25-4/h5,7-8,13,17,24H,6,9-12,14H2,1-4H3,(H,20,23)/t17-,19-/m1/s1. The van der Waals surface area contributed by atoms with E-state index in [0.717, 1.165) is 24.2 Å². The molecule has 0 unspecified atom stereocenters. The van der Waals surface area contributed by atoms with Gasteiger partial charge in [0.15, 0.2) is 0 Å². The van der Waals surface area contributed by atoms with Crippen molar-refractivity contribution >= 4 is 6.03 Å². The number of amides is 2. The van der Waals surface area contributed by atoms with Crippen LogP contribution >= 0.6 is 0 Å². The van der Waals surface area contributed by atoms with Crippen molar-refractivity contribution in [2.24, 2.45) is 0 Å². The molecular formula is C19H31N3O3. The topological polar surface area (TPSA) is 65.0 Å². The summed E-state index contributed by atoms with van der Waals surface area (Å²) >= 11 is 0. The van der Waals surface area contributed by atoms with Crippen LogP contribution in [-0.4, -0.2) is 67.4 Å². The molecule has 1 aromatic carbocycles. The summed E-state index contributed by atoms with van der Waals surface area (Å²) in [6, 6.07) is 7.92. The van der Waals surface area contributed by atoms with E-state index in [1.165, 1.54) is 0 Å². The van der Waals surface area contributed by atoms with Crippen LogP contribution in [0.1, 0.15) is 37.8 Å². The van der Waals surface area contributed by atoms with Gasteiger partial charge in [0, 0.05) is 19.6 Å². The lowest BCUT2D eigenvalue weighted by molar-refractivity contribution is 0.0456. The van der Waals surface area contributed by atoms with Gasteiger partial charge >= 0.3 is 6.03 Å². The van der Waals surface area contributed by atoms with Crippen LogP contribution in [0.25, 0.3) is 0 Å². The molecule has 0 bridgehead atoms. The van der Waals surface area contributed by atoms with Crippen LogP contribution in [0.5, 0.6) is 5.75 Å². The zero-order valence-corrected chi connectivity index (χ0v) is 15.8. The Balaban J connectivity index is 1.97. The van der Waals surface area contributed by atoms with Crippen molar-refractivity contribution in [1.82, 2.24) is 15.1 Å². The summed E-state index contributed by atoms with van der Waals surface area (Å²) in [6.07, 6.45) is 2.18. The van der Waals surface area contributed by atoms with E-state index in [4.69, 9.17) is 4.74 Å². The smallest absolute Gasteiger partial charge is 0.317 e. The van der Waals surface area contributed by atoms with Crippen molar-refractivity contribution in [1.29, 1.82) is 0 Å². The minimum atomic E-state index is -0.665. The van der Waals surface area contributed by atoms with Crippen LogP contribution in [0.15, 0.2) is 24.3 Å². The van der Waals surface area contributed by atoms with Crippen LogP contribution in [0.3, 0.4) is 0 Å². The Morgan fingerprint density at radius 2 is 2.16 bits per heavy atom. The second-order valence-corrected chi connectivity index (χ2v) is 7.28. The van der Waals surface area contributed by atoms with Crippen molar-refractivity contribution in [3.8, 4) is 5.75 Å². The third-order valence-corrected chi connectivity index (χ3v) is 4.90. The van der Waals surface area contributed by atoms with Crippen molar-refractivity contribution in [2.45, 2.75) is 37.8 Å². The number of ether oxygens (including phenoxy) is 1. The predicted octanol–water partition coefficient (Wildman–Crippen LogP) is 2.24. The molecule has 1 fully saturated rings. The first-order valence-electron chi connectivity index (χ1n) is 8.88. The SMILES string of the molecule is COc1cccc([C@@H](CNC(=O)N2CCC[C@@](C)(O)CC2)N(C)C)c1. The molecule has 0 radical (unpaired) electrons. The normalized spacial score (nSPS) is 22.4. The first kappa shape index (κ1) is 19.5. The quantitative estimate of drug-likeness (QED) is 0.856. The van der Waals surface area contributed by atoms with E-state index >= 15 is 0 Å². The molecule has 2 amide bonds. The number of aliphatic hydroxyl groups is 1. The zero-order valence-electron chi connectivity index (χ0n) is 15.8. The predicted molar refractivity (Wildman–Crippen MR) is 98.9 cm³/mol. The van der Waals surface area contributed by atoms with Crippen LogP contribution < -0.4 is 10.1 Å². The summed E-state index contributed by atoms with van der Waals surface area (Å²) in [5.74, 6) is 0.811. The molecule has 2 atom stereocenters. The molecule has 2 rings (SSSR count). The number of likely N-dealkylation sites (N-methyl/N-ethyl adjacent to an activating group) is 1. The van der Waals surface area contributed by atoms with E-state index in [1.807, 2.05) is 45.3 Å². The Kier molecular flexibility index (Phi) is 6.67. The lowest BCUT2D eigenvalue weighted by Gasteiger charge is -2.28. The summed E-state index contributed by atoms with van der Waals surface area (Å²) in [4.78, 5) is 16.4. The highest BCUT2D eigenvalue weighted by Gasteiger charge is 2.27. The van der Waals surface area contributed by atoms with E-state index in [-0.39, 0.29) is 12.1 Å². The van der Waals surface area contributed by atoms with Gasteiger partial charge in [-0.2, -0.15) is 0 Å². The van der Waals surface area contributed by atoms with Gasteiger partial charge in [-0.25, -0.2) is 4.79 Å². The number of methoxy groups -OCH3 is 1. The van der Waals surface area contributed by atoms with Crippen LogP contribution in [0.4, 0.5) is 4.79 Å². The van der Waals surface area contributed by atoms with Crippen molar-refractivity contribution in [2.75, 3.05) is 40.8 Å². The van der Waals surface area contributed by atoms with Crippen molar-refractivity contribution in [3.05, 3.63) is 29.8 Å². The minimum absolute atomic E-state index is 0.0625.